The van der Waals surface area contributed by atoms with Crippen molar-refractivity contribution in [3.05, 3.63) is 3.70 Å². The summed E-state index contributed by atoms with van der Waals surface area (Å²) in [5.41, 5.74) is 6.15. The van der Waals surface area contributed by atoms with E-state index in [-0.39, 0.29) is 12.6 Å². The van der Waals surface area contributed by atoms with Crippen molar-refractivity contribution in [1.82, 2.24) is 19.7 Å². The lowest BCUT2D eigenvalue weighted by Crippen LogP contribution is -2.24. The van der Waals surface area contributed by atoms with Gasteiger partial charge in [-0.05, 0) is 22.6 Å². The van der Waals surface area contributed by atoms with Gasteiger partial charge in [-0.2, -0.15) is 15.1 Å². The molecule has 2 aromatic rings. The first kappa shape index (κ1) is 14.7. The van der Waals surface area contributed by atoms with Crippen LogP contribution < -0.4 is 10.5 Å². The third-order valence-electron chi connectivity index (χ3n) is 3.34. The highest BCUT2D eigenvalue weighted by molar-refractivity contribution is 14.1. The van der Waals surface area contributed by atoms with E-state index in [2.05, 4.69) is 15.1 Å². The van der Waals surface area contributed by atoms with Gasteiger partial charge in [-0.25, -0.2) is 4.68 Å². The summed E-state index contributed by atoms with van der Waals surface area (Å²) >= 11 is 2.05. The average Bonchev–Trinajstić information content (AvgIpc) is 2.98. The van der Waals surface area contributed by atoms with Crippen LogP contribution in [0, 0.1) is 3.70 Å². The number of methoxy groups -OCH3 is 1. The first-order chi connectivity index (χ1) is 10.0. The summed E-state index contributed by atoms with van der Waals surface area (Å²) < 4.78 is 13.0. The molecule has 1 fully saturated rings. The molecular weight excluding hydrogens is 393 g/mol. The molecule has 0 radical (unpaired) electrons. The molecule has 0 spiro atoms. The van der Waals surface area contributed by atoms with Crippen LogP contribution in [0.2, 0.25) is 0 Å². The minimum Gasteiger partial charge on any atom is -0.480 e. The normalized spacial score (nSPS) is 25.6. The molecule has 114 valence electrons. The van der Waals surface area contributed by atoms with Crippen molar-refractivity contribution in [3.63, 3.8) is 0 Å². The predicted octanol–water partition coefficient (Wildman–Crippen LogP) is -0.338. The van der Waals surface area contributed by atoms with Crippen LogP contribution in [0.5, 0.6) is 5.88 Å². The van der Waals surface area contributed by atoms with E-state index in [1.165, 1.54) is 11.8 Å². The van der Waals surface area contributed by atoms with Crippen molar-refractivity contribution in [2.75, 3.05) is 19.5 Å². The lowest BCUT2D eigenvalue weighted by Gasteiger charge is -2.13. The lowest BCUT2D eigenvalue weighted by molar-refractivity contribution is -0.0471. The maximum absolute atomic E-state index is 9.84. The third-order valence-corrected chi connectivity index (χ3v) is 4.10. The van der Waals surface area contributed by atoms with E-state index in [1.807, 2.05) is 22.6 Å². The quantitative estimate of drug-likeness (QED) is 0.590. The molecule has 9 nitrogen and oxygen atoms in total. The number of hydrogen-bond acceptors (Lipinski definition) is 8. The molecular formula is C11H14IN5O4. The summed E-state index contributed by atoms with van der Waals surface area (Å²) in [6, 6.07) is 0. The van der Waals surface area contributed by atoms with E-state index >= 15 is 0 Å². The summed E-state index contributed by atoms with van der Waals surface area (Å²) in [5, 5.41) is 24.0. The molecule has 0 bridgehead atoms. The molecule has 0 aromatic carbocycles. The Balaban J connectivity index is 2.10. The summed E-state index contributed by atoms with van der Waals surface area (Å²) in [7, 11) is 1.49. The Bertz CT molecular complexity index is 678. The van der Waals surface area contributed by atoms with Gasteiger partial charge in [0.1, 0.15) is 15.2 Å². The molecule has 21 heavy (non-hydrogen) atoms. The van der Waals surface area contributed by atoms with E-state index in [1.54, 1.807) is 0 Å². The van der Waals surface area contributed by atoms with Gasteiger partial charge in [0.05, 0.1) is 19.8 Å². The Morgan fingerprint density at radius 3 is 2.90 bits per heavy atom. The fourth-order valence-electron chi connectivity index (χ4n) is 2.36. The molecule has 0 unspecified atom stereocenters. The van der Waals surface area contributed by atoms with Crippen molar-refractivity contribution < 1.29 is 19.7 Å². The van der Waals surface area contributed by atoms with Crippen LogP contribution in [0.15, 0.2) is 0 Å². The van der Waals surface area contributed by atoms with Gasteiger partial charge in [0.2, 0.25) is 11.8 Å². The van der Waals surface area contributed by atoms with E-state index in [0.717, 1.165) is 0 Å². The Labute approximate surface area is 133 Å². The van der Waals surface area contributed by atoms with Crippen LogP contribution >= 0.6 is 22.6 Å². The molecule has 3 atom stereocenters. The van der Waals surface area contributed by atoms with Crippen LogP contribution in [0.4, 0.5) is 5.95 Å². The Hall–Kier alpha value is -1.24. The number of halogens is 1. The zero-order chi connectivity index (χ0) is 15.1. The fraction of sp³-hybridized carbons (Fsp3) is 0.545. The topological polar surface area (TPSA) is 129 Å². The average molecular weight is 407 g/mol. The molecule has 0 aliphatic carbocycles. The van der Waals surface area contributed by atoms with Crippen molar-refractivity contribution in [2.45, 2.75) is 24.9 Å². The van der Waals surface area contributed by atoms with Gasteiger partial charge in [0.15, 0.2) is 11.9 Å². The van der Waals surface area contributed by atoms with Gasteiger partial charge in [-0.3, -0.25) is 0 Å². The molecule has 1 aliphatic heterocycles. The predicted molar refractivity (Wildman–Crippen MR) is 80.6 cm³/mol. The van der Waals surface area contributed by atoms with Crippen LogP contribution in [0.25, 0.3) is 11.0 Å². The van der Waals surface area contributed by atoms with Crippen molar-refractivity contribution in [2.24, 2.45) is 0 Å². The SMILES string of the molecule is COc1nc(N)nc2c1c(I)nn2[C@H]1C[C@H](O)[C@@H](CO)O1. The second-order valence-corrected chi connectivity index (χ2v) is 5.66. The number of fused-ring (bicyclic) bond motifs is 1. The second kappa shape index (κ2) is 5.51. The maximum atomic E-state index is 9.84. The third kappa shape index (κ3) is 2.41. The summed E-state index contributed by atoms with van der Waals surface area (Å²) in [5.74, 6) is 0.402. The van der Waals surface area contributed by atoms with Gasteiger partial charge in [0.25, 0.3) is 0 Å². The largest absolute Gasteiger partial charge is 0.480 e. The van der Waals surface area contributed by atoms with Gasteiger partial charge in [-0.1, -0.05) is 0 Å². The molecule has 2 aromatic heterocycles. The Morgan fingerprint density at radius 2 is 2.29 bits per heavy atom. The van der Waals surface area contributed by atoms with Crippen LogP contribution in [-0.2, 0) is 4.74 Å². The summed E-state index contributed by atoms with van der Waals surface area (Å²) in [6.45, 7) is -0.256. The van der Waals surface area contributed by atoms with Gasteiger partial charge < -0.3 is 25.4 Å². The number of aliphatic hydroxyl groups is 2. The van der Waals surface area contributed by atoms with E-state index in [4.69, 9.17) is 20.3 Å². The van der Waals surface area contributed by atoms with Crippen LogP contribution in [0.1, 0.15) is 12.6 Å². The van der Waals surface area contributed by atoms with Gasteiger partial charge in [0, 0.05) is 6.42 Å². The van der Waals surface area contributed by atoms with Crippen LogP contribution in [-0.4, -0.2) is 55.9 Å². The first-order valence-electron chi connectivity index (χ1n) is 6.24. The number of aromatic nitrogens is 4. The Morgan fingerprint density at radius 1 is 1.52 bits per heavy atom. The van der Waals surface area contributed by atoms with Gasteiger partial charge in [-0.15, -0.1) is 0 Å². The summed E-state index contributed by atoms with van der Waals surface area (Å²) in [6.07, 6.45) is -1.60. The fourth-order valence-corrected chi connectivity index (χ4v) is 3.06. The monoisotopic (exact) mass is 407 g/mol. The second-order valence-electron chi connectivity index (χ2n) is 4.64. The molecule has 1 aliphatic rings. The molecule has 1 saturated heterocycles. The number of nitrogens with two attached hydrogens (primary N) is 1. The number of nitrogen functional groups attached to an aromatic ring is 1. The van der Waals surface area contributed by atoms with Crippen molar-refractivity contribution >= 4 is 39.6 Å². The molecule has 3 rings (SSSR count). The molecule has 0 amide bonds. The van der Waals surface area contributed by atoms with E-state index in [9.17, 15) is 5.11 Å². The summed E-state index contributed by atoms with van der Waals surface area (Å²) in [4.78, 5) is 8.21. The minimum absolute atomic E-state index is 0.0640. The number of rotatable bonds is 3. The smallest absolute Gasteiger partial charge is 0.230 e. The highest BCUT2D eigenvalue weighted by Crippen LogP contribution is 2.34. The molecule has 4 N–H and O–H groups in total. The first-order valence-corrected chi connectivity index (χ1v) is 7.32. The number of anilines is 1. The zero-order valence-electron chi connectivity index (χ0n) is 11.1. The number of ether oxygens (including phenoxy) is 2. The van der Waals surface area contributed by atoms with Crippen LogP contribution in [0.3, 0.4) is 0 Å². The highest BCUT2D eigenvalue weighted by atomic mass is 127. The maximum Gasteiger partial charge on any atom is 0.230 e. The minimum atomic E-state index is -0.752. The molecule has 0 saturated carbocycles. The molecule has 10 heteroatoms. The van der Waals surface area contributed by atoms with Gasteiger partial charge >= 0.3 is 0 Å². The van der Waals surface area contributed by atoms with E-state index in [0.29, 0.717) is 27.0 Å². The number of nitrogens with zero attached hydrogens (tertiary/aromatic N) is 4. The molecule has 3 heterocycles. The van der Waals surface area contributed by atoms with Crippen molar-refractivity contribution in [1.29, 1.82) is 0 Å². The number of hydrogen-bond donors (Lipinski definition) is 3. The zero-order valence-corrected chi connectivity index (χ0v) is 13.3. The Kier molecular flexibility index (Phi) is 3.86. The highest BCUT2D eigenvalue weighted by Gasteiger charge is 2.36. The van der Waals surface area contributed by atoms with Crippen molar-refractivity contribution in [3.8, 4) is 5.88 Å². The van der Waals surface area contributed by atoms with E-state index < -0.39 is 18.4 Å². The standard InChI is InChI=1S/C11H14IN5O4/c1-20-10-7-8(12)16-17(9(7)14-11(13)15-10)6-2-4(19)5(3-18)21-6/h4-6,18-19H,2-3H2,1H3,(H2,13,14,15)/t4-,5+,6+/m0/s1. The lowest BCUT2D eigenvalue weighted by atomic mass is 10.2. The number of aliphatic hydroxyl groups excluding tert-OH is 2.